The summed E-state index contributed by atoms with van der Waals surface area (Å²) in [6.07, 6.45) is 0.286. The van der Waals surface area contributed by atoms with Crippen molar-refractivity contribution in [2.45, 2.75) is 39.2 Å². The fourth-order valence-corrected chi connectivity index (χ4v) is 2.79. The zero-order chi connectivity index (χ0) is 17.6. The second-order valence-electron chi connectivity index (χ2n) is 5.23. The third kappa shape index (κ3) is 5.65. The van der Waals surface area contributed by atoms with Gasteiger partial charge in [0.05, 0.1) is 5.75 Å². The zero-order valence-electron chi connectivity index (χ0n) is 13.1. The van der Waals surface area contributed by atoms with E-state index in [1.807, 2.05) is 0 Å². The molecule has 0 aliphatic heterocycles. The third-order valence-corrected chi connectivity index (χ3v) is 4.11. The lowest BCUT2D eigenvalue weighted by Gasteiger charge is -2.30. The standard InChI is InChI=1S/C15H21NO6S/c1-3-6-14(17)16(12-8-5-4-7-11(12)2)13(15(18)19)9-10-23(20,21)22/h4-5,7-8,13H,3,6,9-10H2,1-2H3,(H,18,19)(H,20,21,22)/t13-/m0/s1. The van der Waals surface area contributed by atoms with Gasteiger partial charge in [-0.2, -0.15) is 8.42 Å². The van der Waals surface area contributed by atoms with Crippen molar-refractivity contribution in [3.63, 3.8) is 0 Å². The minimum Gasteiger partial charge on any atom is -0.480 e. The van der Waals surface area contributed by atoms with E-state index in [9.17, 15) is 23.1 Å². The fourth-order valence-electron chi connectivity index (χ4n) is 2.27. The second kappa shape index (κ2) is 8.07. The average Bonchev–Trinajstić information content (AvgIpc) is 2.43. The monoisotopic (exact) mass is 343 g/mol. The smallest absolute Gasteiger partial charge is 0.326 e. The Morgan fingerprint density at radius 3 is 2.35 bits per heavy atom. The number of amides is 1. The maximum Gasteiger partial charge on any atom is 0.326 e. The van der Waals surface area contributed by atoms with Gasteiger partial charge in [0.15, 0.2) is 0 Å². The summed E-state index contributed by atoms with van der Waals surface area (Å²) in [4.78, 5) is 25.1. The molecule has 0 aliphatic rings. The average molecular weight is 343 g/mol. The van der Waals surface area contributed by atoms with Gasteiger partial charge >= 0.3 is 5.97 Å². The van der Waals surface area contributed by atoms with Crippen LogP contribution in [0.2, 0.25) is 0 Å². The molecule has 1 aromatic carbocycles. The van der Waals surface area contributed by atoms with Gasteiger partial charge in [-0.05, 0) is 31.4 Å². The van der Waals surface area contributed by atoms with Crippen molar-refractivity contribution in [1.82, 2.24) is 0 Å². The van der Waals surface area contributed by atoms with Crippen molar-refractivity contribution in [3.8, 4) is 0 Å². The SMILES string of the molecule is CCCC(=O)N(c1ccccc1C)[C@@H](CCS(=O)(=O)O)C(=O)O. The predicted octanol–water partition coefficient (Wildman–Crippen LogP) is 1.86. The molecule has 0 saturated heterocycles. The lowest BCUT2D eigenvalue weighted by Crippen LogP contribution is -2.46. The van der Waals surface area contributed by atoms with E-state index in [0.29, 0.717) is 17.7 Å². The first kappa shape index (κ1) is 19.1. The number of rotatable bonds is 8. The molecule has 8 heteroatoms. The lowest BCUT2D eigenvalue weighted by molar-refractivity contribution is -0.140. The van der Waals surface area contributed by atoms with Crippen LogP contribution >= 0.6 is 0 Å². The highest BCUT2D eigenvalue weighted by Crippen LogP contribution is 2.25. The van der Waals surface area contributed by atoms with Gasteiger partial charge < -0.3 is 5.11 Å². The van der Waals surface area contributed by atoms with Gasteiger partial charge in [-0.15, -0.1) is 0 Å². The number of aliphatic carboxylic acids is 1. The molecule has 1 rings (SSSR count). The molecule has 0 aliphatic carbocycles. The number of carboxylic acids is 1. The van der Waals surface area contributed by atoms with Crippen LogP contribution in [-0.4, -0.2) is 41.7 Å². The van der Waals surface area contributed by atoms with Crippen LogP contribution in [0.15, 0.2) is 24.3 Å². The Morgan fingerprint density at radius 2 is 1.87 bits per heavy atom. The number of carboxylic acid groups (broad SMARTS) is 1. The van der Waals surface area contributed by atoms with E-state index in [2.05, 4.69) is 0 Å². The van der Waals surface area contributed by atoms with Gasteiger partial charge in [-0.3, -0.25) is 14.2 Å². The number of aryl methyl sites for hydroxylation is 1. The first-order valence-electron chi connectivity index (χ1n) is 7.23. The summed E-state index contributed by atoms with van der Waals surface area (Å²) >= 11 is 0. The predicted molar refractivity (Wildman–Crippen MR) is 86.0 cm³/mol. The summed E-state index contributed by atoms with van der Waals surface area (Å²) in [6.45, 7) is 3.53. The van der Waals surface area contributed by atoms with Crippen LogP contribution < -0.4 is 4.90 Å². The van der Waals surface area contributed by atoms with Crippen LogP contribution in [0.25, 0.3) is 0 Å². The van der Waals surface area contributed by atoms with E-state index in [4.69, 9.17) is 4.55 Å². The number of para-hydroxylation sites is 1. The Morgan fingerprint density at radius 1 is 1.26 bits per heavy atom. The van der Waals surface area contributed by atoms with Crippen LogP contribution in [0.1, 0.15) is 31.7 Å². The number of nitrogens with zero attached hydrogens (tertiary/aromatic N) is 1. The summed E-state index contributed by atoms with van der Waals surface area (Å²) in [5.74, 6) is -2.45. The molecule has 0 fully saturated rings. The molecule has 0 spiro atoms. The largest absolute Gasteiger partial charge is 0.480 e. The number of benzene rings is 1. The summed E-state index contributed by atoms with van der Waals surface area (Å²) in [7, 11) is -4.32. The molecular weight excluding hydrogens is 322 g/mol. The van der Waals surface area contributed by atoms with Gasteiger partial charge in [-0.1, -0.05) is 25.1 Å². The van der Waals surface area contributed by atoms with Crippen LogP contribution in [-0.2, 0) is 19.7 Å². The van der Waals surface area contributed by atoms with E-state index >= 15 is 0 Å². The summed E-state index contributed by atoms with van der Waals surface area (Å²) < 4.78 is 30.8. The molecule has 7 nitrogen and oxygen atoms in total. The van der Waals surface area contributed by atoms with Crippen molar-refractivity contribution in [2.24, 2.45) is 0 Å². The summed E-state index contributed by atoms with van der Waals surface area (Å²) in [5, 5.41) is 9.44. The molecule has 23 heavy (non-hydrogen) atoms. The van der Waals surface area contributed by atoms with Gasteiger partial charge in [0.2, 0.25) is 5.91 Å². The van der Waals surface area contributed by atoms with Gasteiger partial charge in [0.1, 0.15) is 6.04 Å². The van der Waals surface area contributed by atoms with Crippen LogP contribution in [0.3, 0.4) is 0 Å². The molecule has 1 amide bonds. The van der Waals surface area contributed by atoms with Crippen molar-refractivity contribution < 1.29 is 27.7 Å². The number of anilines is 1. The van der Waals surface area contributed by atoms with Crippen molar-refractivity contribution in [3.05, 3.63) is 29.8 Å². The second-order valence-corrected chi connectivity index (χ2v) is 6.80. The van der Waals surface area contributed by atoms with Crippen LogP contribution in [0.4, 0.5) is 5.69 Å². The number of hydrogen-bond donors (Lipinski definition) is 2. The van der Waals surface area contributed by atoms with Crippen LogP contribution in [0.5, 0.6) is 0 Å². The quantitative estimate of drug-likeness (QED) is 0.697. The minimum absolute atomic E-state index is 0.143. The number of hydrogen-bond acceptors (Lipinski definition) is 4. The van der Waals surface area contributed by atoms with Crippen molar-refractivity contribution in [2.75, 3.05) is 10.7 Å². The summed E-state index contributed by atoms with van der Waals surface area (Å²) in [5.41, 5.74) is 1.13. The van der Waals surface area contributed by atoms with E-state index in [-0.39, 0.29) is 6.42 Å². The molecule has 0 heterocycles. The third-order valence-electron chi connectivity index (χ3n) is 3.35. The molecule has 0 radical (unpaired) electrons. The Kier molecular flexibility index (Phi) is 6.71. The van der Waals surface area contributed by atoms with Gasteiger partial charge in [0, 0.05) is 12.1 Å². The molecule has 1 atom stereocenters. The highest BCUT2D eigenvalue weighted by molar-refractivity contribution is 7.85. The first-order valence-corrected chi connectivity index (χ1v) is 8.84. The van der Waals surface area contributed by atoms with E-state index < -0.39 is 40.2 Å². The van der Waals surface area contributed by atoms with E-state index in [1.54, 1.807) is 38.1 Å². The molecule has 1 aromatic rings. The van der Waals surface area contributed by atoms with Crippen molar-refractivity contribution >= 4 is 27.7 Å². The highest BCUT2D eigenvalue weighted by atomic mass is 32.2. The molecule has 128 valence electrons. The molecule has 0 saturated carbocycles. The van der Waals surface area contributed by atoms with E-state index in [0.717, 1.165) is 4.90 Å². The van der Waals surface area contributed by atoms with Crippen molar-refractivity contribution in [1.29, 1.82) is 0 Å². The number of carbonyl (C=O) groups excluding carboxylic acids is 1. The molecular formula is C15H21NO6S. The Labute approximate surface area is 135 Å². The summed E-state index contributed by atoms with van der Waals surface area (Å²) in [6, 6.07) is 5.43. The molecule has 2 N–H and O–H groups in total. The molecule has 0 aromatic heterocycles. The van der Waals surface area contributed by atoms with E-state index in [1.165, 1.54) is 0 Å². The molecule has 0 bridgehead atoms. The maximum atomic E-state index is 12.4. The Hall–Kier alpha value is -1.93. The molecule has 0 unspecified atom stereocenters. The normalized spacial score (nSPS) is 12.7. The highest BCUT2D eigenvalue weighted by Gasteiger charge is 2.32. The zero-order valence-corrected chi connectivity index (χ0v) is 13.9. The lowest BCUT2D eigenvalue weighted by atomic mass is 10.1. The first-order chi connectivity index (χ1) is 10.7. The maximum absolute atomic E-state index is 12.4. The Balaban J connectivity index is 3.26. The van der Waals surface area contributed by atoms with Crippen LogP contribution in [0, 0.1) is 6.92 Å². The minimum atomic E-state index is -4.32. The topological polar surface area (TPSA) is 112 Å². The van der Waals surface area contributed by atoms with Gasteiger partial charge in [-0.25, -0.2) is 4.79 Å². The van der Waals surface area contributed by atoms with Gasteiger partial charge in [0.25, 0.3) is 10.1 Å². The number of carbonyl (C=O) groups is 2. The Bertz CT molecular complexity index is 670. The fraction of sp³-hybridized carbons (Fsp3) is 0.467.